The van der Waals surface area contributed by atoms with E-state index in [4.69, 9.17) is 0 Å². The lowest BCUT2D eigenvalue weighted by Crippen LogP contribution is -2.56. The zero-order valence-corrected chi connectivity index (χ0v) is 16.5. The average molecular weight is 368 g/mol. The van der Waals surface area contributed by atoms with Gasteiger partial charge in [0, 0.05) is 12.5 Å². The maximum atomic E-state index is 11.1. The zero-order chi connectivity index (χ0) is 19.0. The summed E-state index contributed by atoms with van der Waals surface area (Å²) in [4.78, 5) is 11.1. The van der Waals surface area contributed by atoms with Gasteiger partial charge in [-0.1, -0.05) is 31.9 Å². The Morgan fingerprint density at radius 2 is 2.12 bits per heavy atom. The summed E-state index contributed by atoms with van der Waals surface area (Å²) < 4.78 is 4.64. The first-order valence-electron chi connectivity index (χ1n) is 10.4. The van der Waals surface area contributed by atoms with E-state index in [1.165, 1.54) is 7.11 Å². The molecule has 0 aromatic carbocycles. The van der Waals surface area contributed by atoms with E-state index in [-0.39, 0.29) is 24.0 Å². The maximum Gasteiger partial charge on any atom is 0.305 e. The molecule has 1 aliphatic carbocycles. The third-order valence-corrected chi connectivity index (χ3v) is 6.15. The van der Waals surface area contributed by atoms with Crippen molar-refractivity contribution in [1.82, 2.24) is 5.32 Å². The van der Waals surface area contributed by atoms with Crippen LogP contribution in [0.15, 0.2) is 12.2 Å². The van der Waals surface area contributed by atoms with Crippen LogP contribution in [-0.2, 0) is 9.53 Å². The summed E-state index contributed by atoms with van der Waals surface area (Å²) in [6.07, 6.45) is 13.6. The molecule has 150 valence electrons. The number of fused-ring (bicyclic) bond motifs is 1. The third kappa shape index (κ3) is 6.07. The first kappa shape index (κ1) is 21.4. The number of rotatable bonds is 10. The number of esters is 1. The zero-order valence-electron chi connectivity index (χ0n) is 16.5. The minimum Gasteiger partial charge on any atom is -0.469 e. The molecule has 3 N–H and O–H groups in total. The van der Waals surface area contributed by atoms with E-state index in [2.05, 4.69) is 29.1 Å². The fraction of sp³-hybridized carbons (Fsp3) is 0.857. The van der Waals surface area contributed by atoms with Gasteiger partial charge in [-0.25, -0.2) is 0 Å². The summed E-state index contributed by atoms with van der Waals surface area (Å²) in [7, 11) is 1.42. The number of piperidine rings is 1. The molecule has 2 fully saturated rings. The predicted octanol–water partition coefficient (Wildman–Crippen LogP) is 3.29. The van der Waals surface area contributed by atoms with E-state index in [9.17, 15) is 15.0 Å². The molecular weight excluding hydrogens is 330 g/mol. The van der Waals surface area contributed by atoms with Crippen molar-refractivity contribution < 1.29 is 19.7 Å². The van der Waals surface area contributed by atoms with Gasteiger partial charge in [-0.05, 0) is 63.2 Å². The molecule has 0 aromatic rings. The molecule has 1 aliphatic heterocycles. The van der Waals surface area contributed by atoms with Crippen LogP contribution >= 0.6 is 0 Å². The second-order valence-electron chi connectivity index (χ2n) is 8.08. The van der Waals surface area contributed by atoms with E-state index >= 15 is 0 Å². The van der Waals surface area contributed by atoms with Crippen LogP contribution in [0.3, 0.4) is 0 Å². The van der Waals surface area contributed by atoms with Gasteiger partial charge in [-0.2, -0.15) is 0 Å². The lowest BCUT2D eigenvalue weighted by Gasteiger charge is -2.41. The highest BCUT2D eigenvalue weighted by molar-refractivity contribution is 5.69. The average Bonchev–Trinajstić information content (AvgIpc) is 2.91. The molecule has 0 aromatic heterocycles. The van der Waals surface area contributed by atoms with Crippen LogP contribution in [0, 0.1) is 11.8 Å². The summed E-state index contributed by atoms with van der Waals surface area (Å²) in [5.41, 5.74) is -0.741. The van der Waals surface area contributed by atoms with Crippen molar-refractivity contribution in [1.29, 1.82) is 0 Å². The van der Waals surface area contributed by atoms with Crippen molar-refractivity contribution in [2.24, 2.45) is 11.8 Å². The van der Waals surface area contributed by atoms with Gasteiger partial charge in [0.05, 0.1) is 13.2 Å². The van der Waals surface area contributed by atoms with E-state index in [0.29, 0.717) is 12.3 Å². The monoisotopic (exact) mass is 367 g/mol. The minimum atomic E-state index is -0.741. The molecule has 0 bridgehead atoms. The minimum absolute atomic E-state index is 0.160. The van der Waals surface area contributed by atoms with Gasteiger partial charge in [0.1, 0.15) is 5.72 Å². The van der Waals surface area contributed by atoms with Crippen molar-refractivity contribution in [3.8, 4) is 0 Å². The number of carbonyl (C=O) groups is 1. The number of carbonyl (C=O) groups excluding carboxylic acids is 1. The Labute approximate surface area is 158 Å². The normalized spacial score (nSPS) is 34.2. The quantitative estimate of drug-likeness (QED) is 0.314. The first-order chi connectivity index (χ1) is 12.5. The Hall–Kier alpha value is -0.910. The van der Waals surface area contributed by atoms with Crippen molar-refractivity contribution in [3.63, 3.8) is 0 Å². The number of methoxy groups -OCH3 is 1. The number of hydrogen-bond acceptors (Lipinski definition) is 5. The van der Waals surface area contributed by atoms with Crippen LogP contribution in [-0.4, -0.2) is 41.2 Å². The van der Waals surface area contributed by atoms with Gasteiger partial charge in [0.2, 0.25) is 0 Å². The highest BCUT2D eigenvalue weighted by atomic mass is 16.5. The summed E-state index contributed by atoms with van der Waals surface area (Å²) in [5.74, 6) is 0.549. The topological polar surface area (TPSA) is 78.8 Å². The highest BCUT2D eigenvalue weighted by Gasteiger charge is 2.48. The Bertz CT molecular complexity index is 467. The second kappa shape index (κ2) is 10.4. The molecule has 5 atom stereocenters. The SMILES string of the molecule is CCCCCC1(O)CC[C@@H]2[C@@H](CC=CCCCC(=O)OC)[C@@H](O)C[C@H]2N1. The van der Waals surface area contributed by atoms with Crippen LogP contribution in [0.1, 0.15) is 77.6 Å². The Morgan fingerprint density at radius 3 is 2.85 bits per heavy atom. The highest BCUT2D eigenvalue weighted by Crippen LogP contribution is 2.43. The molecule has 5 heteroatoms. The molecule has 1 saturated heterocycles. The largest absolute Gasteiger partial charge is 0.469 e. The van der Waals surface area contributed by atoms with Crippen molar-refractivity contribution in [2.45, 2.75) is 95.4 Å². The van der Waals surface area contributed by atoms with Gasteiger partial charge in [-0.15, -0.1) is 0 Å². The Balaban J connectivity index is 1.76. The van der Waals surface area contributed by atoms with E-state index in [0.717, 1.165) is 64.2 Å². The summed E-state index contributed by atoms with van der Waals surface area (Å²) in [6, 6.07) is 0.225. The lowest BCUT2D eigenvalue weighted by atomic mass is 9.80. The Kier molecular flexibility index (Phi) is 8.58. The molecular formula is C21H37NO4. The lowest BCUT2D eigenvalue weighted by molar-refractivity contribution is -0.140. The predicted molar refractivity (Wildman–Crippen MR) is 102 cm³/mol. The van der Waals surface area contributed by atoms with Crippen molar-refractivity contribution in [2.75, 3.05) is 7.11 Å². The van der Waals surface area contributed by atoms with Gasteiger partial charge < -0.3 is 14.9 Å². The summed E-state index contributed by atoms with van der Waals surface area (Å²) >= 11 is 0. The molecule has 1 saturated carbocycles. The number of nitrogens with one attached hydrogen (secondary N) is 1. The van der Waals surface area contributed by atoms with Gasteiger partial charge in [-0.3, -0.25) is 10.1 Å². The fourth-order valence-electron chi connectivity index (χ4n) is 4.63. The molecule has 5 nitrogen and oxygen atoms in total. The summed E-state index contributed by atoms with van der Waals surface area (Å²) in [6.45, 7) is 2.18. The third-order valence-electron chi connectivity index (χ3n) is 6.15. The number of aliphatic hydroxyl groups excluding tert-OH is 1. The first-order valence-corrected chi connectivity index (χ1v) is 10.4. The number of hydrogen-bond donors (Lipinski definition) is 3. The van der Waals surface area contributed by atoms with E-state index in [1.807, 2.05) is 0 Å². The molecule has 1 heterocycles. The molecule has 2 rings (SSSR count). The van der Waals surface area contributed by atoms with Crippen LogP contribution in [0.5, 0.6) is 0 Å². The standard InChI is InChI=1S/C21H37NO4/c1-3-4-9-13-21(25)14-12-16-17(19(23)15-18(16)22-21)10-7-5-6-8-11-20(24)26-2/h5,7,16-19,22-23,25H,3-4,6,8-15H2,1-2H3/t16-,17-,18-,19+,21?/m1/s1. The van der Waals surface area contributed by atoms with E-state index in [1.54, 1.807) is 0 Å². The smallest absolute Gasteiger partial charge is 0.305 e. The van der Waals surface area contributed by atoms with Gasteiger partial charge in [0.15, 0.2) is 0 Å². The maximum absolute atomic E-state index is 11.1. The van der Waals surface area contributed by atoms with Crippen LogP contribution in [0.4, 0.5) is 0 Å². The number of aliphatic hydroxyl groups is 2. The van der Waals surface area contributed by atoms with Gasteiger partial charge in [0.25, 0.3) is 0 Å². The summed E-state index contributed by atoms with van der Waals surface area (Å²) in [5, 5.41) is 24.8. The molecule has 26 heavy (non-hydrogen) atoms. The Morgan fingerprint density at radius 1 is 1.31 bits per heavy atom. The van der Waals surface area contributed by atoms with Crippen molar-refractivity contribution in [3.05, 3.63) is 12.2 Å². The van der Waals surface area contributed by atoms with Crippen LogP contribution in [0.2, 0.25) is 0 Å². The fourth-order valence-corrected chi connectivity index (χ4v) is 4.63. The van der Waals surface area contributed by atoms with Crippen LogP contribution in [0.25, 0.3) is 0 Å². The molecule has 2 aliphatic rings. The number of ether oxygens (including phenoxy) is 1. The molecule has 0 spiro atoms. The number of unbranched alkanes of at least 4 members (excludes halogenated alkanes) is 3. The second-order valence-corrected chi connectivity index (χ2v) is 8.08. The number of allylic oxidation sites excluding steroid dienone is 2. The van der Waals surface area contributed by atoms with Gasteiger partial charge >= 0.3 is 5.97 Å². The molecule has 0 amide bonds. The van der Waals surface area contributed by atoms with E-state index < -0.39 is 5.72 Å². The van der Waals surface area contributed by atoms with Crippen LogP contribution < -0.4 is 5.32 Å². The molecule has 0 radical (unpaired) electrons. The van der Waals surface area contributed by atoms with Crippen molar-refractivity contribution >= 4 is 5.97 Å². The molecule has 1 unspecified atom stereocenters.